The highest BCUT2D eigenvalue weighted by Crippen LogP contribution is 2.37. The van der Waals surface area contributed by atoms with Gasteiger partial charge in [0, 0.05) is 17.7 Å². The van der Waals surface area contributed by atoms with Gasteiger partial charge in [-0.2, -0.15) is 0 Å². The number of rotatable bonds is 6. The van der Waals surface area contributed by atoms with Crippen LogP contribution in [0.5, 0.6) is 0 Å². The average molecular weight is 449 g/mol. The van der Waals surface area contributed by atoms with E-state index in [1.165, 1.54) is 23.5 Å². The quantitative estimate of drug-likeness (QED) is 0.547. The summed E-state index contributed by atoms with van der Waals surface area (Å²) in [6.07, 6.45) is 3.37. The molecular formula is C19H17ClN4O3S2. The molecule has 0 spiro atoms. The van der Waals surface area contributed by atoms with Gasteiger partial charge < -0.3 is 5.32 Å². The summed E-state index contributed by atoms with van der Waals surface area (Å²) in [4.78, 5) is 21.4. The second kappa shape index (κ2) is 7.74. The lowest BCUT2D eigenvalue weighted by Crippen LogP contribution is -2.13. The Morgan fingerprint density at radius 2 is 1.97 bits per heavy atom. The number of nitrogens with zero attached hydrogens (tertiary/aromatic N) is 2. The number of benzene rings is 1. The third-order valence-corrected chi connectivity index (χ3v) is 7.18. The van der Waals surface area contributed by atoms with Crippen LogP contribution in [0.1, 0.15) is 18.5 Å². The first-order chi connectivity index (χ1) is 13.8. The van der Waals surface area contributed by atoms with Gasteiger partial charge in [-0.15, -0.1) is 0 Å². The first kappa shape index (κ1) is 19.8. The van der Waals surface area contributed by atoms with Gasteiger partial charge in [-0.3, -0.25) is 9.52 Å². The highest BCUT2D eigenvalue weighted by Gasteiger charge is 2.30. The first-order valence-corrected chi connectivity index (χ1v) is 11.5. The largest absolute Gasteiger partial charge is 0.302 e. The van der Waals surface area contributed by atoms with Gasteiger partial charge in [0.05, 0.1) is 21.2 Å². The van der Waals surface area contributed by atoms with Gasteiger partial charge in [-0.05, 0) is 38.0 Å². The van der Waals surface area contributed by atoms with E-state index in [4.69, 9.17) is 11.6 Å². The zero-order valence-corrected chi connectivity index (χ0v) is 17.7. The number of halogens is 1. The molecule has 0 bridgehead atoms. The van der Waals surface area contributed by atoms with Gasteiger partial charge in [-0.1, -0.05) is 41.1 Å². The molecule has 1 saturated carbocycles. The Kier molecular flexibility index (Phi) is 5.28. The number of aromatic nitrogens is 2. The van der Waals surface area contributed by atoms with Crippen LogP contribution >= 0.6 is 22.9 Å². The monoisotopic (exact) mass is 448 g/mol. The number of hydrogen-bond acceptors (Lipinski definition) is 6. The lowest BCUT2D eigenvalue weighted by Gasteiger charge is -2.10. The van der Waals surface area contributed by atoms with E-state index in [1.54, 1.807) is 30.5 Å². The highest BCUT2D eigenvalue weighted by atomic mass is 35.5. The van der Waals surface area contributed by atoms with Gasteiger partial charge >= 0.3 is 0 Å². The number of carbonyl (C=O) groups excluding carboxylic acids is 1. The predicted molar refractivity (Wildman–Crippen MR) is 114 cm³/mol. The number of nitrogens with one attached hydrogen (secondary N) is 2. The van der Waals surface area contributed by atoms with E-state index in [0.717, 1.165) is 17.7 Å². The van der Waals surface area contributed by atoms with E-state index in [1.807, 2.05) is 6.92 Å². The molecule has 4 rings (SSSR count). The third kappa shape index (κ3) is 4.42. The summed E-state index contributed by atoms with van der Waals surface area (Å²) in [5, 5.41) is 3.38. The minimum absolute atomic E-state index is 0.0177. The number of thiazole rings is 1. The Morgan fingerprint density at radius 1 is 1.24 bits per heavy atom. The summed E-state index contributed by atoms with van der Waals surface area (Å²) in [6.45, 7) is 1.82. The van der Waals surface area contributed by atoms with Crippen molar-refractivity contribution >= 4 is 49.7 Å². The predicted octanol–water partition coefficient (Wildman–Crippen LogP) is 4.32. The number of amides is 1. The van der Waals surface area contributed by atoms with Crippen molar-refractivity contribution in [2.24, 2.45) is 5.92 Å². The summed E-state index contributed by atoms with van der Waals surface area (Å²) in [6, 6.07) is 9.63. The van der Waals surface area contributed by atoms with Crippen LogP contribution in [0.15, 0.2) is 47.5 Å². The minimum atomic E-state index is -3.80. The maximum Gasteiger partial charge on any atom is 0.261 e. The van der Waals surface area contributed by atoms with Crippen LogP contribution < -0.4 is 10.0 Å². The molecule has 0 aliphatic heterocycles. The molecule has 1 amide bonds. The van der Waals surface area contributed by atoms with Crippen molar-refractivity contribution in [1.29, 1.82) is 0 Å². The first-order valence-electron chi connectivity index (χ1n) is 8.85. The molecule has 1 aromatic carbocycles. The Bertz CT molecular complexity index is 1180. The van der Waals surface area contributed by atoms with E-state index in [2.05, 4.69) is 20.0 Å². The van der Waals surface area contributed by atoms with Crippen LogP contribution in [0, 0.1) is 12.8 Å². The lowest BCUT2D eigenvalue weighted by atomic mass is 10.2. The van der Waals surface area contributed by atoms with Crippen molar-refractivity contribution < 1.29 is 13.2 Å². The van der Waals surface area contributed by atoms with E-state index in [9.17, 15) is 13.2 Å². The van der Waals surface area contributed by atoms with Crippen LogP contribution in [0.3, 0.4) is 0 Å². The van der Waals surface area contributed by atoms with Crippen LogP contribution in [0.2, 0.25) is 5.15 Å². The molecule has 2 aromatic heterocycles. The number of pyridine rings is 1. The maximum absolute atomic E-state index is 12.6. The smallest absolute Gasteiger partial charge is 0.261 e. The molecule has 0 unspecified atom stereocenters. The minimum Gasteiger partial charge on any atom is -0.302 e. The van der Waals surface area contributed by atoms with Crippen LogP contribution in [-0.4, -0.2) is 24.3 Å². The summed E-state index contributed by atoms with van der Waals surface area (Å²) < 4.78 is 27.7. The Morgan fingerprint density at radius 3 is 2.66 bits per heavy atom. The van der Waals surface area contributed by atoms with Crippen molar-refractivity contribution in [3.8, 4) is 10.4 Å². The molecular weight excluding hydrogens is 432 g/mol. The number of sulfonamides is 1. The molecule has 3 aromatic rings. The van der Waals surface area contributed by atoms with Crippen molar-refractivity contribution in [3.05, 3.63) is 53.4 Å². The second-order valence-corrected chi connectivity index (χ2v) is 9.72. The van der Waals surface area contributed by atoms with Crippen molar-refractivity contribution in [3.63, 3.8) is 0 Å². The summed E-state index contributed by atoms with van der Waals surface area (Å²) in [5.74, 6) is 0.0645. The number of hydrogen-bond donors (Lipinski definition) is 2. The van der Waals surface area contributed by atoms with Crippen molar-refractivity contribution in [1.82, 2.24) is 9.97 Å². The molecule has 1 aliphatic rings. The summed E-state index contributed by atoms with van der Waals surface area (Å²) in [5.41, 5.74) is 1.54. The van der Waals surface area contributed by atoms with Crippen LogP contribution in [-0.2, 0) is 14.8 Å². The maximum atomic E-state index is 12.6. The molecule has 1 fully saturated rings. The Hall–Kier alpha value is -2.49. The molecule has 2 N–H and O–H groups in total. The standard InChI is InChI=1S/C19H17ClN4O3S2/c1-11-16(28-19(22-11)23-18(25)12-7-8-12)13-9-15(17(20)21-10-13)24-29(26,27)14-5-3-2-4-6-14/h2-6,9-10,12,24H,7-8H2,1H3,(H,22,23,25). The highest BCUT2D eigenvalue weighted by molar-refractivity contribution is 7.92. The topological polar surface area (TPSA) is 101 Å². The van der Waals surface area contributed by atoms with E-state index >= 15 is 0 Å². The lowest BCUT2D eigenvalue weighted by molar-refractivity contribution is -0.117. The molecule has 1 aliphatic carbocycles. The van der Waals surface area contributed by atoms with E-state index in [0.29, 0.717) is 16.4 Å². The second-order valence-electron chi connectivity index (χ2n) is 6.68. The average Bonchev–Trinajstić information content (AvgIpc) is 3.48. The Balaban J connectivity index is 1.62. The number of anilines is 2. The van der Waals surface area contributed by atoms with Gasteiger partial charge in [0.25, 0.3) is 10.0 Å². The van der Waals surface area contributed by atoms with Crippen molar-refractivity contribution in [2.45, 2.75) is 24.7 Å². The van der Waals surface area contributed by atoms with Gasteiger partial charge in [0.2, 0.25) is 5.91 Å². The fraction of sp³-hybridized carbons (Fsp3) is 0.211. The number of carbonyl (C=O) groups is 1. The van der Waals surface area contributed by atoms with Crippen LogP contribution in [0.4, 0.5) is 10.8 Å². The molecule has 29 heavy (non-hydrogen) atoms. The van der Waals surface area contributed by atoms with Gasteiger partial charge in [-0.25, -0.2) is 18.4 Å². The molecule has 0 radical (unpaired) electrons. The third-order valence-electron chi connectivity index (χ3n) is 4.37. The molecule has 10 heteroatoms. The van der Waals surface area contributed by atoms with Gasteiger partial charge in [0.15, 0.2) is 10.3 Å². The van der Waals surface area contributed by atoms with Crippen molar-refractivity contribution in [2.75, 3.05) is 10.0 Å². The summed E-state index contributed by atoms with van der Waals surface area (Å²) >= 11 is 7.44. The molecule has 0 saturated heterocycles. The normalized spacial score (nSPS) is 13.9. The van der Waals surface area contributed by atoms with E-state index < -0.39 is 10.0 Å². The fourth-order valence-electron chi connectivity index (χ4n) is 2.72. The molecule has 7 nitrogen and oxygen atoms in total. The fourth-order valence-corrected chi connectivity index (χ4v) is 4.95. The molecule has 150 valence electrons. The molecule has 2 heterocycles. The van der Waals surface area contributed by atoms with E-state index in [-0.39, 0.29) is 27.6 Å². The molecule has 0 atom stereocenters. The van der Waals surface area contributed by atoms with Gasteiger partial charge in [0.1, 0.15) is 0 Å². The summed E-state index contributed by atoms with van der Waals surface area (Å²) in [7, 11) is -3.80. The Labute approximate surface area is 177 Å². The van der Waals surface area contributed by atoms with Crippen LogP contribution in [0.25, 0.3) is 10.4 Å². The zero-order chi connectivity index (χ0) is 20.6. The number of aryl methyl sites for hydroxylation is 1. The zero-order valence-electron chi connectivity index (χ0n) is 15.3. The SMILES string of the molecule is Cc1nc(NC(=O)C2CC2)sc1-c1cnc(Cl)c(NS(=O)(=O)c2ccccc2)c1.